The molecule has 4 aliphatic carbocycles. The fourth-order valence-corrected chi connectivity index (χ4v) is 13.2. The second kappa shape index (κ2) is 18.3. The van der Waals surface area contributed by atoms with Gasteiger partial charge in [0.25, 0.3) is 0 Å². The first-order chi connectivity index (χ1) is 29.7. The van der Waals surface area contributed by atoms with Crippen molar-refractivity contribution in [2.75, 3.05) is 19.8 Å². The Labute approximate surface area is 368 Å². The Morgan fingerprint density at radius 2 is 1.41 bits per heavy atom. The molecule has 4 aliphatic heterocycles. The number of aliphatic hydroxyl groups is 11. The number of fused-ring (bicyclic) bond motifs is 7. The Morgan fingerprint density at radius 1 is 0.762 bits per heavy atom. The van der Waals surface area contributed by atoms with E-state index in [1.165, 1.54) is 12.5 Å². The van der Waals surface area contributed by atoms with Crippen molar-refractivity contribution in [3.8, 4) is 0 Å². The minimum absolute atomic E-state index is 0.0699. The van der Waals surface area contributed by atoms with E-state index in [4.69, 9.17) is 33.2 Å². The molecule has 0 aromatic carbocycles. The highest BCUT2D eigenvalue weighted by atomic mass is 16.7. The van der Waals surface area contributed by atoms with E-state index in [0.717, 1.165) is 32.1 Å². The molecule has 0 radical (unpaired) electrons. The lowest BCUT2D eigenvalue weighted by molar-refractivity contribution is -0.360. The number of hydrogen-bond acceptors (Lipinski definition) is 18. The van der Waals surface area contributed by atoms with E-state index in [2.05, 4.69) is 19.9 Å². The summed E-state index contributed by atoms with van der Waals surface area (Å²) >= 11 is 0. The Hall–Kier alpha value is -1.40. The van der Waals surface area contributed by atoms with Gasteiger partial charge in [0, 0.05) is 5.92 Å². The molecule has 0 bridgehead atoms. The zero-order chi connectivity index (χ0) is 45.5. The zero-order valence-corrected chi connectivity index (χ0v) is 36.9. The van der Waals surface area contributed by atoms with Crippen LogP contribution in [0.1, 0.15) is 86.0 Å². The van der Waals surface area contributed by atoms with E-state index in [1.807, 2.05) is 19.9 Å². The molecule has 11 N–H and O–H groups in total. The van der Waals surface area contributed by atoms with E-state index in [0.29, 0.717) is 42.8 Å². The van der Waals surface area contributed by atoms with Crippen LogP contribution < -0.4 is 0 Å². The number of ether oxygens (including phenoxy) is 7. The van der Waals surface area contributed by atoms with Crippen LogP contribution in [0.2, 0.25) is 0 Å². The summed E-state index contributed by atoms with van der Waals surface area (Å²) in [6.45, 7) is 9.04. The van der Waals surface area contributed by atoms with Crippen LogP contribution in [0.4, 0.5) is 0 Å². The van der Waals surface area contributed by atoms with Gasteiger partial charge in [-0.3, -0.25) is 0 Å². The fraction of sp³-hybridized carbons (Fsp3) is 0.911. The van der Waals surface area contributed by atoms with Crippen LogP contribution in [-0.4, -0.2) is 186 Å². The largest absolute Gasteiger partial charge is 0.492 e. The number of hydrogen-bond donors (Lipinski definition) is 11. The highest BCUT2D eigenvalue weighted by Gasteiger charge is 2.69. The van der Waals surface area contributed by atoms with Crippen LogP contribution in [-0.2, 0) is 33.2 Å². The van der Waals surface area contributed by atoms with Gasteiger partial charge in [-0.1, -0.05) is 32.4 Å². The molecule has 63 heavy (non-hydrogen) atoms. The molecule has 0 spiro atoms. The van der Waals surface area contributed by atoms with Crippen molar-refractivity contribution in [1.29, 1.82) is 0 Å². The summed E-state index contributed by atoms with van der Waals surface area (Å²) in [5, 5.41) is 116. The Balaban J connectivity index is 0.869. The number of allylic oxidation sites excluding steroid dienone is 2. The van der Waals surface area contributed by atoms with Gasteiger partial charge in [0.15, 0.2) is 18.9 Å². The predicted molar refractivity (Wildman–Crippen MR) is 218 cm³/mol. The lowest BCUT2D eigenvalue weighted by Gasteiger charge is -2.58. The third kappa shape index (κ3) is 8.38. The molecule has 18 heteroatoms. The monoisotopic (exact) mass is 900 g/mol. The van der Waals surface area contributed by atoms with Crippen molar-refractivity contribution in [3.63, 3.8) is 0 Å². The standard InChI is InChI=1S/C45H72O18/c1-19(18-57-40-35(53)33(51)31(49)27(16-46)61-40)6-9-29-45(5,56)39-26(60-29)15-25-23-8-7-21-14-22(10-12-43(21,3)24(23)11-13-44(25,39)4)59-42-37(55)34(52)38(28(17-47)62-42)63-41-36(54)32(50)30(48)20(2)58-41/h7,9,19-20,22-28,30-42,46-56H,6,8,10-18H2,1-5H3. The van der Waals surface area contributed by atoms with Crippen LogP contribution in [0.25, 0.3) is 0 Å². The fourth-order valence-electron chi connectivity index (χ4n) is 13.2. The molecule has 360 valence electrons. The van der Waals surface area contributed by atoms with Gasteiger partial charge >= 0.3 is 0 Å². The molecule has 4 saturated heterocycles. The smallest absolute Gasteiger partial charge is 0.187 e. The van der Waals surface area contributed by atoms with Crippen LogP contribution in [0, 0.1) is 40.4 Å². The summed E-state index contributed by atoms with van der Waals surface area (Å²) in [5.74, 6) is 1.60. The molecule has 0 aromatic rings. The van der Waals surface area contributed by atoms with E-state index in [9.17, 15) is 56.2 Å². The molecule has 8 rings (SSSR count). The van der Waals surface area contributed by atoms with Crippen LogP contribution in [0.5, 0.6) is 0 Å². The van der Waals surface area contributed by atoms with E-state index >= 15 is 0 Å². The summed E-state index contributed by atoms with van der Waals surface area (Å²) in [6, 6.07) is 0. The van der Waals surface area contributed by atoms with Crippen molar-refractivity contribution >= 4 is 0 Å². The molecule has 0 amide bonds. The molecule has 7 fully saturated rings. The van der Waals surface area contributed by atoms with Crippen molar-refractivity contribution in [3.05, 3.63) is 23.5 Å². The molecule has 3 saturated carbocycles. The second-order valence-electron chi connectivity index (χ2n) is 20.8. The maximum atomic E-state index is 12.2. The third-order valence-electron chi connectivity index (χ3n) is 16.8. The van der Waals surface area contributed by atoms with Gasteiger partial charge in [-0.2, -0.15) is 0 Å². The lowest BCUT2D eigenvalue weighted by atomic mass is 9.46. The highest BCUT2D eigenvalue weighted by molar-refractivity contribution is 5.29. The maximum Gasteiger partial charge on any atom is 0.187 e. The highest BCUT2D eigenvalue weighted by Crippen LogP contribution is 2.70. The van der Waals surface area contributed by atoms with Crippen molar-refractivity contribution in [2.45, 2.75) is 196 Å². The third-order valence-corrected chi connectivity index (χ3v) is 16.8. The van der Waals surface area contributed by atoms with Gasteiger partial charge in [0.05, 0.1) is 32.0 Å². The molecule has 4 heterocycles. The number of aliphatic hydroxyl groups excluding tert-OH is 10. The predicted octanol–water partition coefficient (Wildman–Crippen LogP) is -0.911. The van der Waals surface area contributed by atoms with Gasteiger partial charge in [-0.25, -0.2) is 0 Å². The summed E-state index contributed by atoms with van der Waals surface area (Å²) in [7, 11) is 0. The normalized spacial score (nSPS) is 54.4. The minimum atomic E-state index is -1.65. The minimum Gasteiger partial charge on any atom is -0.492 e. The van der Waals surface area contributed by atoms with Gasteiger partial charge in [-0.15, -0.1) is 0 Å². The lowest BCUT2D eigenvalue weighted by Crippen LogP contribution is -2.64. The number of rotatable bonds is 11. The molecule has 18 nitrogen and oxygen atoms in total. The van der Waals surface area contributed by atoms with E-state index < -0.39 is 111 Å². The molecular weight excluding hydrogens is 828 g/mol. The van der Waals surface area contributed by atoms with Crippen molar-refractivity contribution < 1.29 is 89.3 Å². The zero-order valence-electron chi connectivity index (χ0n) is 36.9. The van der Waals surface area contributed by atoms with Crippen LogP contribution in [0.15, 0.2) is 23.5 Å². The van der Waals surface area contributed by atoms with Crippen LogP contribution in [0.3, 0.4) is 0 Å². The SMILES string of the molecule is CC(CC=C1OC2CC3C4CC=C5CC(OC6OC(CO)C(OC7OC(C)C(O)C(O)C7O)C(O)C6O)CCC5(C)C4CCC3(C)C2C1(C)O)COC1OC(CO)C(O)C(O)C1O. The van der Waals surface area contributed by atoms with Gasteiger partial charge in [0.1, 0.15) is 84.6 Å². The first-order valence-corrected chi connectivity index (χ1v) is 23.1. The van der Waals surface area contributed by atoms with Crippen molar-refractivity contribution in [2.24, 2.45) is 40.4 Å². The first-order valence-electron chi connectivity index (χ1n) is 23.1. The maximum absolute atomic E-state index is 12.2. The second-order valence-corrected chi connectivity index (χ2v) is 20.8. The Bertz CT molecular complexity index is 1660. The molecule has 25 atom stereocenters. The molecular formula is C45H72O18. The summed E-state index contributed by atoms with van der Waals surface area (Å²) < 4.78 is 41.5. The Kier molecular flexibility index (Phi) is 13.9. The average Bonchev–Trinajstić information content (AvgIpc) is 3.71. The van der Waals surface area contributed by atoms with E-state index in [-0.39, 0.29) is 41.5 Å². The summed E-state index contributed by atoms with van der Waals surface area (Å²) in [5.41, 5.74) is -0.0861. The molecule has 8 aliphatic rings. The molecule has 0 aromatic heterocycles. The van der Waals surface area contributed by atoms with Crippen LogP contribution >= 0.6 is 0 Å². The van der Waals surface area contributed by atoms with Gasteiger partial charge in [-0.05, 0) is 106 Å². The van der Waals surface area contributed by atoms with Crippen molar-refractivity contribution in [1.82, 2.24) is 0 Å². The Morgan fingerprint density at radius 3 is 2.13 bits per heavy atom. The summed E-state index contributed by atoms with van der Waals surface area (Å²) in [6.07, 6.45) is -10.3. The van der Waals surface area contributed by atoms with Gasteiger partial charge in [0.2, 0.25) is 0 Å². The van der Waals surface area contributed by atoms with Gasteiger partial charge < -0.3 is 89.3 Å². The topological polar surface area (TPSA) is 287 Å². The van der Waals surface area contributed by atoms with E-state index in [1.54, 1.807) is 0 Å². The molecule has 25 unspecified atom stereocenters. The first kappa shape index (κ1) is 48.1. The average molecular weight is 901 g/mol. The summed E-state index contributed by atoms with van der Waals surface area (Å²) in [4.78, 5) is 0. The quantitative estimate of drug-likeness (QED) is 0.112.